The molecule has 0 aliphatic heterocycles. The molecule has 0 unspecified atom stereocenters. The molecule has 10 heteroatoms. The zero-order valence-electron chi connectivity index (χ0n) is 18.0. The number of hydrogen-bond donors (Lipinski definition) is 2. The van der Waals surface area contributed by atoms with E-state index in [1.54, 1.807) is 43.0 Å². The number of methoxy groups -OCH3 is 1. The highest BCUT2D eigenvalue weighted by Gasteiger charge is 2.19. The van der Waals surface area contributed by atoms with E-state index in [0.29, 0.717) is 11.0 Å². The van der Waals surface area contributed by atoms with Gasteiger partial charge in [0, 0.05) is 7.05 Å². The van der Waals surface area contributed by atoms with Crippen molar-refractivity contribution in [3.05, 3.63) is 65.7 Å². The number of benzene rings is 2. The van der Waals surface area contributed by atoms with Crippen LogP contribution in [0.2, 0.25) is 0 Å². The standard InChI is InChI=1S/C22H24FN5O3S/c1-14(24-19(29)12-15-8-10-16(31-3)11-9-15)21-26-27-22(28(21)2)32-13-20(30)25-18-7-5-4-6-17(18)23/h4-11,14H,12-13H2,1-3H3,(H,24,29)(H,25,30)/t14-/m0/s1. The SMILES string of the molecule is COc1ccc(CC(=O)N[C@@H](C)c2nnc(SCC(=O)Nc3ccccc3F)n2C)cc1. The van der Waals surface area contributed by atoms with Gasteiger partial charge in [0.05, 0.1) is 31.0 Å². The van der Waals surface area contributed by atoms with Gasteiger partial charge in [0.2, 0.25) is 11.8 Å². The maximum absolute atomic E-state index is 13.7. The van der Waals surface area contributed by atoms with E-state index in [0.717, 1.165) is 11.3 Å². The van der Waals surface area contributed by atoms with Gasteiger partial charge in [-0.25, -0.2) is 4.39 Å². The first kappa shape index (κ1) is 23.3. The van der Waals surface area contributed by atoms with Gasteiger partial charge in [0.1, 0.15) is 11.6 Å². The Hall–Kier alpha value is -3.40. The highest BCUT2D eigenvalue weighted by molar-refractivity contribution is 7.99. The van der Waals surface area contributed by atoms with E-state index < -0.39 is 5.82 Å². The number of ether oxygens (including phenoxy) is 1. The quantitative estimate of drug-likeness (QED) is 0.479. The average molecular weight is 458 g/mol. The first-order valence-electron chi connectivity index (χ1n) is 9.86. The summed E-state index contributed by atoms with van der Waals surface area (Å²) in [4.78, 5) is 24.5. The van der Waals surface area contributed by atoms with Gasteiger partial charge in [-0.05, 0) is 36.8 Å². The molecule has 3 rings (SSSR count). The lowest BCUT2D eigenvalue weighted by Gasteiger charge is -2.14. The molecule has 0 radical (unpaired) electrons. The van der Waals surface area contributed by atoms with Crippen molar-refractivity contribution in [2.24, 2.45) is 7.05 Å². The van der Waals surface area contributed by atoms with Crippen LogP contribution in [0.25, 0.3) is 0 Å². The molecule has 1 atom stereocenters. The highest BCUT2D eigenvalue weighted by Crippen LogP contribution is 2.20. The van der Waals surface area contributed by atoms with Crippen LogP contribution in [0.5, 0.6) is 5.75 Å². The number of halogens is 1. The molecule has 3 aromatic rings. The van der Waals surface area contributed by atoms with Crippen LogP contribution in [0.15, 0.2) is 53.7 Å². The van der Waals surface area contributed by atoms with Crippen LogP contribution < -0.4 is 15.4 Å². The van der Waals surface area contributed by atoms with Gasteiger partial charge in [-0.2, -0.15) is 0 Å². The van der Waals surface area contributed by atoms with E-state index >= 15 is 0 Å². The van der Waals surface area contributed by atoms with Crippen molar-refractivity contribution >= 4 is 29.3 Å². The lowest BCUT2D eigenvalue weighted by Crippen LogP contribution is -2.29. The summed E-state index contributed by atoms with van der Waals surface area (Å²) in [6.45, 7) is 1.81. The van der Waals surface area contributed by atoms with Crippen molar-refractivity contribution in [2.75, 3.05) is 18.2 Å². The minimum absolute atomic E-state index is 0.0402. The Balaban J connectivity index is 1.53. The summed E-state index contributed by atoms with van der Waals surface area (Å²) in [7, 11) is 3.35. The van der Waals surface area contributed by atoms with Gasteiger partial charge in [-0.1, -0.05) is 36.0 Å². The van der Waals surface area contributed by atoms with Crippen LogP contribution in [0.4, 0.5) is 10.1 Å². The number of para-hydroxylation sites is 1. The third-order valence-electron chi connectivity index (χ3n) is 4.64. The van der Waals surface area contributed by atoms with E-state index in [9.17, 15) is 14.0 Å². The second-order valence-electron chi connectivity index (χ2n) is 7.03. The summed E-state index contributed by atoms with van der Waals surface area (Å²) in [6, 6.07) is 12.9. The van der Waals surface area contributed by atoms with E-state index in [2.05, 4.69) is 20.8 Å². The Morgan fingerprint density at radius 3 is 2.53 bits per heavy atom. The van der Waals surface area contributed by atoms with Crippen LogP contribution in [0.3, 0.4) is 0 Å². The number of thioether (sulfide) groups is 1. The Labute approximate surface area is 189 Å². The summed E-state index contributed by atoms with van der Waals surface area (Å²) >= 11 is 1.17. The molecule has 2 aromatic carbocycles. The zero-order chi connectivity index (χ0) is 23.1. The number of amides is 2. The lowest BCUT2D eigenvalue weighted by atomic mass is 10.1. The molecule has 0 saturated heterocycles. The number of nitrogens with one attached hydrogen (secondary N) is 2. The Bertz CT molecular complexity index is 1090. The van der Waals surface area contributed by atoms with Gasteiger partial charge in [0.15, 0.2) is 11.0 Å². The molecule has 8 nitrogen and oxygen atoms in total. The molecule has 0 aliphatic rings. The molecule has 1 aromatic heterocycles. The Morgan fingerprint density at radius 2 is 1.84 bits per heavy atom. The number of hydrogen-bond acceptors (Lipinski definition) is 6. The fourth-order valence-corrected chi connectivity index (χ4v) is 3.71. The first-order valence-corrected chi connectivity index (χ1v) is 10.8. The predicted molar refractivity (Wildman–Crippen MR) is 120 cm³/mol. The fraction of sp³-hybridized carbons (Fsp3) is 0.273. The van der Waals surface area contributed by atoms with Crippen molar-refractivity contribution in [3.8, 4) is 5.75 Å². The van der Waals surface area contributed by atoms with E-state index in [1.807, 2.05) is 19.1 Å². The summed E-state index contributed by atoms with van der Waals surface area (Å²) < 4.78 is 20.5. The zero-order valence-corrected chi connectivity index (χ0v) is 18.8. The molecule has 2 amide bonds. The largest absolute Gasteiger partial charge is 0.497 e. The van der Waals surface area contributed by atoms with Gasteiger partial charge >= 0.3 is 0 Å². The van der Waals surface area contributed by atoms with Crippen molar-refractivity contribution in [1.29, 1.82) is 0 Å². The molecule has 0 aliphatic carbocycles. The number of carbonyl (C=O) groups excluding carboxylic acids is 2. The molecular formula is C22H24FN5O3S. The highest BCUT2D eigenvalue weighted by atomic mass is 32.2. The number of carbonyl (C=O) groups is 2. The number of aromatic nitrogens is 3. The molecular weight excluding hydrogens is 433 g/mol. The second kappa shape index (κ2) is 10.8. The average Bonchev–Trinajstić information content (AvgIpc) is 3.15. The molecule has 0 spiro atoms. The van der Waals surface area contributed by atoms with Crippen LogP contribution in [-0.4, -0.2) is 39.4 Å². The minimum Gasteiger partial charge on any atom is -0.497 e. The van der Waals surface area contributed by atoms with Gasteiger partial charge in [-0.15, -0.1) is 10.2 Å². The summed E-state index contributed by atoms with van der Waals surface area (Å²) in [5.41, 5.74) is 0.996. The van der Waals surface area contributed by atoms with Crippen LogP contribution in [0, 0.1) is 5.82 Å². The minimum atomic E-state index is -0.494. The van der Waals surface area contributed by atoms with Crippen LogP contribution >= 0.6 is 11.8 Å². The van der Waals surface area contributed by atoms with Gasteiger partial charge < -0.3 is 19.9 Å². The molecule has 0 saturated carbocycles. The summed E-state index contributed by atoms with van der Waals surface area (Å²) in [5.74, 6) is 0.332. The van der Waals surface area contributed by atoms with E-state index in [1.165, 1.54) is 23.9 Å². The van der Waals surface area contributed by atoms with Gasteiger partial charge in [-0.3, -0.25) is 9.59 Å². The van der Waals surface area contributed by atoms with Crippen molar-refractivity contribution in [2.45, 2.75) is 24.5 Å². The molecule has 2 N–H and O–H groups in total. The number of nitrogens with zero attached hydrogens (tertiary/aromatic N) is 3. The van der Waals surface area contributed by atoms with Crippen molar-refractivity contribution < 1.29 is 18.7 Å². The number of anilines is 1. The normalized spacial score (nSPS) is 11.6. The van der Waals surface area contributed by atoms with Crippen LogP contribution in [0.1, 0.15) is 24.4 Å². The van der Waals surface area contributed by atoms with Crippen LogP contribution in [-0.2, 0) is 23.1 Å². The van der Waals surface area contributed by atoms with Crippen molar-refractivity contribution in [1.82, 2.24) is 20.1 Å². The summed E-state index contributed by atoms with van der Waals surface area (Å²) in [5, 5.41) is 14.2. The molecule has 0 bridgehead atoms. The monoisotopic (exact) mass is 457 g/mol. The van der Waals surface area contributed by atoms with E-state index in [4.69, 9.17) is 4.74 Å². The van der Waals surface area contributed by atoms with E-state index in [-0.39, 0.29) is 35.7 Å². The first-order chi connectivity index (χ1) is 15.4. The van der Waals surface area contributed by atoms with Gasteiger partial charge in [0.25, 0.3) is 0 Å². The Morgan fingerprint density at radius 1 is 1.12 bits per heavy atom. The smallest absolute Gasteiger partial charge is 0.234 e. The fourth-order valence-electron chi connectivity index (χ4n) is 2.99. The topological polar surface area (TPSA) is 98.1 Å². The molecule has 168 valence electrons. The summed E-state index contributed by atoms with van der Waals surface area (Å²) in [6.07, 6.45) is 0.226. The molecule has 0 fully saturated rings. The van der Waals surface area contributed by atoms with Crippen molar-refractivity contribution in [3.63, 3.8) is 0 Å². The Kier molecular flexibility index (Phi) is 7.82. The molecule has 1 heterocycles. The lowest BCUT2D eigenvalue weighted by molar-refractivity contribution is -0.121. The molecule has 32 heavy (non-hydrogen) atoms. The maximum Gasteiger partial charge on any atom is 0.234 e. The third kappa shape index (κ3) is 6.07. The maximum atomic E-state index is 13.7. The second-order valence-corrected chi connectivity index (χ2v) is 7.97. The number of rotatable bonds is 9. The predicted octanol–water partition coefficient (Wildman–Crippen LogP) is 3.11. The third-order valence-corrected chi connectivity index (χ3v) is 5.66.